The Bertz CT molecular complexity index is 1290. The summed E-state index contributed by atoms with van der Waals surface area (Å²) in [6.07, 6.45) is 1.79. The summed E-state index contributed by atoms with van der Waals surface area (Å²) in [4.78, 5) is 41.4. The predicted octanol–water partition coefficient (Wildman–Crippen LogP) is 2.09. The Labute approximate surface area is 214 Å². The summed E-state index contributed by atoms with van der Waals surface area (Å²) in [5.74, 6) is -1.77. The van der Waals surface area contributed by atoms with Crippen LogP contribution in [-0.2, 0) is 27.4 Å². The highest BCUT2D eigenvalue weighted by Crippen LogP contribution is 2.11. The molecule has 0 aliphatic rings. The maximum atomic E-state index is 12.8. The van der Waals surface area contributed by atoms with Crippen LogP contribution in [0.25, 0.3) is 0 Å². The van der Waals surface area contributed by atoms with Gasteiger partial charge in [-0.05, 0) is 29.3 Å². The van der Waals surface area contributed by atoms with Crippen molar-refractivity contribution in [1.29, 1.82) is 5.26 Å². The molecule has 37 heavy (non-hydrogen) atoms. The van der Waals surface area contributed by atoms with Gasteiger partial charge in [0.25, 0.3) is 5.91 Å². The van der Waals surface area contributed by atoms with Crippen molar-refractivity contribution in [3.05, 3.63) is 102 Å². The number of carbonyl (C=O) groups excluding carboxylic acids is 3. The zero-order chi connectivity index (χ0) is 26.5. The van der Waals surface area contributed by atoms with Crippen LogP contribution in [0.5, 0.6) is 0 Å². The van der Waals surface area contributed by atoms with E-state index in [4.69, 9.17) is 15.7 Å². The number of hydrogen-bond donors (Lipinski definition) is 4. The van der Waals surface area contributed by atoms with Gasteiger partial charge in [0.2, 0.25) is 18.1 Å². The van der Waals surface area contributed by atoms with Crippen molar-refractivity contribution in [3.63, 3.8) is 0 Å². The third-order valence-corrected chi connectivity index (χ3v) is 5.10. The third kappa shape index (κ3) is 8.84. The van der Waals surface area contributed by atoms with Crippen LogP contribution in [0.3, 0.4) is 0 Å². The van der Waals surface area contributed by atoms with Gasteiger partial charge in [-0.15, -0.1) is 4.99 Å². The number of esters is 1. The van der Waals surface area contributed by atoms with Crippen LogP contribution >= 0.6 is 0 Å². The molecule has 3 aromatic carbocycles. The highest BCUT2D eigenvalue weighted by atomic mass is 16.5. The molecule has 2 amide bonds. The molecule has 0 fully saturated rings. The number of aliphatic imine (C=N–C) groups is 1. The first-order valence-corrected chi connectivity index (χ1v) is 11.4. The predicted molar refractivity (Wildman–Crippen MR) is 138 cm³/mol. The van der Waals surface area contributed by atoms with Crippen molar-refractivity contribution in [2.75, 3.05) is 11.9 Å². The molecule has 0 aromatic heterocycles. The second kappa shape index (κ2) is 13.7. The maximum Gasteiger partial charge on any atom is 0.329 e. The average Bonchev–Trinajstić information content (AvgIpc) is 2.91. The average molecular weight is 499 g/mol. The van der Waals surface area contributed by atoms with Crippen LogP contribution < -0.4 is 21.7 Å². The Morgan fingerprint density at radius 1 is 0.946 bits per heavy atom. The summed E-state index contributed by atoms with van der Waals surface area (Å²) in [6, 6.07) is 23.8. The minimum atomic E-state index is -0.939. The van der Waals surface area contributed by atoms with Crippen molar-refractivity contribution in [3.8, 4) is 6.19 Å². The van der Waals surface area contributed by atoms with E-state index in [1.54, 1.807) is 24.4 Å². The first-order chi connectivity index (χ1) is 17.9. The van der Waals surface area contributed by atoms with Crippen LogP contribution in [0.1, 0.15) is 21.5 Å². The molecular formula is C27H26N6O4. The molecule has 0 aliphatic heterocycles. The number of ether oxygens (including phenoxy) is 1. The lowest BCUT2D eigenvalue weighted by Crippen LogP contribution is -2.47. The van der Waals surface area contributed by atoms with Crippen molar-refractivity contribution in [2.24, 2.45) is 10.7 Å². The highest BCUT2D eigenvalue weighted by Gasteiger charge is 2.23. The van der Waals surface area contributed by atoms with Crippen molar-refractivity contribution < 1.29 is 19.1 Å². The molecule has 0 saturated carbocycles. The minimum absolute atomic E-state index is 0.0749. The van der Waals surface area contributed by atoms with Crippen molar-refractivity contribution >= 4 is 29.4 Å². The fourth-order valence-electron chi connectivity index (χ4n) is 3.35. The monoisotopic (exact) mass is 498 g/mol. The van der Waals surface area contributed by atoms with Gasteiger partial charge in [-0.3, -0.25) is 9.59 Å². The number of hydrogen-bond acceptors (Lipinski definition) is 6. The van der Waals surface area contributed by atoms with Gasteiger partial charge in [-0.2, -0.15) is 5.26 Å². The van der Waals surface area contributed by atoms with Gasteiger partial charge in [0.05, 0.1) is 6.54 Å². The number of nitrogens with two attached hydrogens (primary N) is 1. The smallest absolute Gasteiger partial charge is 0.329 e. The Balaban J connectivity index is 1.59. The number of carbonyl (C=O) groups is 3. The lowest BCUT2D eigenvalue weighted by atomic mass is 10.1. The van der Waals surface area contributed by atoms with Gasteiger partial charge >= 0.3 is 5.97 Å². The summed E-state index contributed by atoms with van der Waals surface area (Å²) >= 11 is 0. The zero-order valence-corrected chi connectivity index (χ0v) is 19.9. The number of guanidine groups is 1. The van der Waals surface area contributed by atoms with Crippen LogP contribution in [0.4, 0.5) is 5.69 Å². The third-order valence-electron chi connectivity index (χ3n) is 5.10. The summed E-state index contributed by atoms with van der Waals surface area (Å²) in [7, 11) is 0. The van der Waals surface area contributed by atoms with E-state index in [1.165, 1.54) is 6.07 Å². The molecule has 0 bridgehead atoms. The first-order valence-electron chi connectivity index (χ1n) is 11.4. The number of nitriles is 1. The van der Waals surface area contributed by atoms with E-state index < -0.39 is 23.8 Å². The summed E-state index contributed by atoms with van der Waals surface area (Å²) < 4.78 is 5.43. The molecule has 0 radical (unpaired) electrons. The fraction of sp³-hybridized carbons (Fsp3) is 0.148. The van der Waals surface area contributed by atoms with E-state index in [-0.39, 0.29) is 31.1 Å². The van der Waals surface area contributed by atoms with Crippen molar-refractivity contribution in [1.82, 2.24) is 10.6 Å². The topological polar surface area (TPSA) is 159 Å². The standard InChI is InChI=1S/C27H26N6O4/c28-18-31-27(29)32-22-13-7-12-21(15-22)25(35)30-16-24(34)33-23(14-19-8-3-1-4-9-19)26(36)37-17-20-10-5-2-6-11-20/h1-13,15,23H,14,16-17H2,(H,30,35)(H,33,34)(H3,29,31,32). The Hall–Kier alpha value is -5.17. The molecule has 5 N–H and O–H groups in total. The fourth-order valence-corrected chi connectivity index (χ4v) is 3.35. The van der Waals surface area contributed by atoms with E-state index in [2.05, 4.69) is 20.9 Å². The molecule has 1 unspecified atom stereocenters. The number of nitrogens with one attached hydrogen (secondary N) is 3. The van der Waals surface area contributed by atoms with E-state index in [1.807, 2.05) is 60.7 Å². The maximum absolute atomic E-state index is 12.8. The van der Waals surface area contributed by atoms with E-state index in [0.29, 0.717) is 5.69 Å². The van der Waals surface area contributed by atoms with E-state index >= 15 is 0 Å². The molecule has 1 atom stereocenters. The lowest BCUT2D eigenvalue weighted by molar-refractivity contribution is -0.149. The van der Waals surface area contributed by atoms with Gasteiger partial charge in [0.1, 0.15) is 12.6 Å². The van der Waals surface area contributed by atoms with Gasteiger partial charge in [0, 0.05) is 17.7 Å². The van der Waals surface area contributed by atoms with E-state index in [9.17, 15) is 14.4 Å². The summed E-state index contributed by atoms with van der Waals surface area (Å²) in [6.45, 7) is -0.280. The molecule has 0 spiro atoms. The molecule has 188 valence electrons. The van der Waals surface area contributed by atoms with Crippen LogP contribution in [-0.4, -0.2) is 36.3 Å². The molecule has 3 aromatic rings. The quantitative estimate of drug-likeness (QED) is 0.144. The molecular weight excluding hydrogens is 472 g/mol. The summed E-state index contributed by atoms with van der Waals surface area (Å²) in [5, 5.41) is 16.4. The molecule has 3 rings (SSSR count). The van der Waals surface area contributed by atoms with Gasteiger partial charge < -0.3 is 26.4 Å². The Kier molecular flexibility index (Phi) is 9.75. The van der Waals surface area contributed by atoms with Crippen LogP contribution in [0.15, 0.2) is 89.9 Å². The first kappa shape index (κ1) is 26.4. The lowest BCUT2D eigenvalue weighted by Gasteiger charge is -2.18. The SMILES string of the molecule is N#CN=C(N)Nc1cccc(C(=O)NCC(=O)NC(Cc2ccccc2)C(=O)OCc2ccccc2)c1. The summed E-state index contributed by atoms with van der Waals surface area (Å²) in [5.41, 5.74) is 7.91. The minimum Gasteiger partial charge on any atom is -0.459 e. The second-order valence-electron chi connectivity index (χ2n) is 7.89. The number of anilines is 1. The number of benzene rings is 3. The Morgan fingerprint density at radius 2 is 1.62 bits per heavy atom. The number of amides is 2. The molecule has 0 heterocycles. The number of nitrogens with zero attached hydrogens (tertiary/aromatic N) is 2. The number of rotatable bonds is 10. The van der Waals surface area contributed by atoms with Gasteiger partial charge in [-0.25, -0.2) is 4.79 Å². The normalized spacial score (nSPS) is 11.5. The highest BCUT2D eigenvalue weighted by molar-refractivity contribution is 5.99. The molecule has 10 nitrogen and oxygen atoms in total. The molecule has 10 heteroatoms. The van der Waals surface area contributed by atoms with Gasteiger partial charge in [0.15, 0.2) is 0 Å². The Morgan fingerprint density at radius 3 is 2.30 bits per heavy atom. The molecule has 0 aliphatic carbocycles. The zero-order valence-electron chi connectivity index (χ0n) is 19.9. The van der Waals surface area contributed by atoms with E-state index in [0.717, 1.165) is 11.1 Å². The van der Waals surface area contributed by atoms with Crippen LogP contribution in [0, 0.1) is 11.5 Å². The molecule has 0 saturated heterocycles. The van der Waals surface area contributed by atoms with Crippen molar-refractivity contribution in [2.45, 2.75) is 19.1 Å². The van der Waals surface area contributed by atoms with Gasteiger partial charge in [-0.1, -0.05) is 66.7 Å². The van der Waals surface area contributed by atoms with Crippen LogP contribution in [0.2, 0.25) is 0 Å². The second-order valence-corrected chi connectivity index (χ2v) is 7.89. The largest absolute Gasteiger partial charge is 0.459 e.